The fourth-order valence-corrected chi connectivity index (χ4v) is 4.89. The number of ether oxygens (including phenoxy) is 1. The number of nitrogens with zero attached hydrogens (tertiary/aromatic N) is 3. The van der Waals surface area contributed by atoms with E-state index in [0.29, 0.717) is 19.0 Å². The molecule has 2 aliphatic carbocycles. The van der Waals surface area contributed by atoms with Crippen LogP contribution in [-0.2, 0) is 22.4 Å². The Bertz CT molecular complexity index is 836. The fourth-order valence-electron chi connectivity index (χ4n) is 4.89. The van der Waals surface area contributed by atoms with Gasteiger partial charge in [0.25, 0.3) is 0 Å². The number of fused-ring (bicyclic) bond motifs is 1. The SMILES string of the molecule is CCOC(=O)[C@H](CC(C)C)NC(=O)NC1CCC(Nc2nc3c(c(N(C)C)n2)CCCC3)CC1. The van der Waals surface area contributed by atoms with Crippen LogP contribution in [0.4, 0.5) is 16.6 Å². The second-order valence-corrected chi connectivity index (χ2v) is 10.1. The molecule has 3 N–H and O–H groups in total. The van der Waals surface area contributed by atoms with Gasteiger partial charge in [0.05, 0.1) is 12.3 Å². The molecule has 9 heteroatoms. The highest BCUT2D eigenvalue weighted by atomic mass is 16.5. The van der Waals surface area contributed by atoms with Gasteiger partial charge in [0, 0.05) is 31.7 Å². The largest absolute Gasteiger partial charge is 0.464 e. The number of aromatic nitrogens is 2. The molecule has 1 aromatic rings. The summed E-state index contributed by atoms with van der Waals surface area (Å²) in [6.07, 6.45) is 8.59. The number of anilines is 2. The molecule has 1 heterocycles. The molecule has 0 aliphatic heterocycles. The summed E-state index contributed by atoms with van der Waals surface area (Å²) in [5.41, 5.74) is 2.47. The Balaban J connectivity index is 1.51. The van der Waals surface area contributed by atoms with Gasteiger partial charge in [-0.05, 0) is 70.6 Å². The first kappa shape index (κ1) is 26.0. The van der Waals surface area contributed by atoms with Crippen molar-refractivity contribution in [1.82, 2.24) is 20.6 Å². The van der Waals surface area contributed by atoms with E-state index in [-0.39, 0.29) is 30.0 Å². The molecular weight excluding hydrogens is 432 g/mol. The van der Waals surface area contributed by atoms with Crippen molar-refractivity contribution in [3.63, 3.8) is 0 Å². The van der Waals surface area contributed by atoms with Gasteiger partial charge in [-0.1, -0.05) is 13.8 Å². The van der Waals surface area contributed by atoms with Gasteiger partial charge in [0.1, 0.15) is 11.9 Å². The topological polar surface area (TPSA) is 108 Å². The lowest BCUT2D eigenvalue weighted by atomic mass is 9.91. The normalized spacial score (nSPS) is 20.8. The summed E-state index contributed by atoms with van der Waals surface area (Å²) < 4.78 is 5.12. The van der Waals surface area contributed by atoms with Gasteiger partial charge in [-0.15, -0.1) is 0 Å². The highest BCUT2D eigenvalue weighted by molar-refractivity contribution is 5.83. The number of carbonyl (C=O) groups excluding carboxylic acids is 2. The van der Waals surface area contributed by atoms with E-state index >= 15 is 0 Å². The second kappa shape index (κ2) is 12.2. The lowest BCUT2D eigenvalue weighted by Crippen LogP contribution is -2.51. The van der Waals surface area contributed by atoms with Gasteiger partial charge < -0.3 is 25.6 Å². The number of hydrogen-bond acceptors (Lipinski definition) is 7. The number of aryl methyl sites for hydroxylation is 1. The standard InChI is InChI=1S/C25H42N6O3/c1-6-34-23(32)21(15-16(2)3)29-25(33)27-18-13-11-17(12-14-18)26-24-28-20-10-8-7-9-19(20)22(30-24)31(4)5/h16-18,21H,6-15H2,1-5H3,(H,26,28,30)(H2,27,29,33)/t17?,18?,21-/m0/s1. The number of carbonyl (C=O) groups is 2. The first-order chi connectivity index (χ1) is 16.3. The molecule has 0 saturated heterocycles. The summed E-state index contributed by atoms with van der Waals surface area (Å²) in [6.45, 7) is 6.12. The Hall–Kier alpha value is -2.58. The molecule has 1 fully saturated rings. The average molecular weight is 475 g/mol. The van der Waals surface area contributed by atoms with Crippen LogP contribution in [-0.4, -0.2) is 60.8 Å². The Labute approximate surface area is 203 Å². The number of amides is 2. The third-order valence-corrected chi connectivity index (χ3v) is 6.56. The van der Waals surface area contributed by atoms with E-state index < -0.39 is 6.04 Å². The fraction of sp³-hybridized carbons (Fsp3) is 0.760. The van der Waals surface area contributed by atoms with E-state index in [1.54, 1.807) is 6.92 Å². The molecule has 190 valence electrons. The summed E-state index contributed by atoms with van der Waals surface area (Å²) in [5.74, 6) is 1.64. The van der Waals surface area contributed by atoms with E-state index in [4.69, 9.17) is 14.7 Å². The molecule has 0 spiro atoms. The number of rotatable bonds is 9. The predicted octanol–water partition coefficient (Wildman–Crippen LogP) is 3.42. The molecule has 34 heavy (non-hydrogen) atoms. The van der Waals surface area contributed by atoms with Crippen molar-refractivity contribution in [2.75, 3.05) is 30.9 Å². The average Bonchev–Trinajstić information content (AvgIpc) is 2.79. The third kappa shape index (κ3) is 7.21. The van der Waals surface area contributed by atoms with Gasteiger partial charge >= 0.3 is 12.0 Å². The van der Waals surface area contributed by atoms with Crippen molar-refractivity contribution in [1.29, 1.82) is 0 Å². The highest BCUT2D eigenvalue weighted by Gasteiger charge is 2.27. The third-order valence-electron chi connectivity index (χ3n) is 6.56. The zero-order valence-corrected chi connectivity index (χ0v) is 21.4. The van der Waals surface area contributed by atoms with Crippen LogP contribution in [0, 0.1) is 5.92 Å². The molecule has 1 saturated carbocycles. The molecule has 0 radical (unpaired) electrons. The van der Waals surface area contributed by atoms with Crippen LogP contribution in [0.3, 0.4) is 0 Å². The molecule has 0 bridgehead atoms. The van der Waals surface area contributed by atoms with Crippen LogP contribution in [0.2, 0.25) is 0 Å². The van der Waals surface area contributed by atoms with Gasteiger partial charge in [-0.2, -0.15) is 4.98 Å². The van der Waals surface area contributed by atoms with Crippen molar-refractivity contribution in [2.45, 2.75) is 96.7 Å². The van der Waals surface area contributed by atoms with Crippen molar-refractivity contribution in [3.05, 3.63) is 11.3 Å². The summed E-state index contributed by atoms with van der Waals surface area (Å²) >= 11 is 0. The lowest BCUT2D eigenvalue weighted by molar-refractivity contribution is -0.145. The van der Waals surface area contributed by atoms with Crippen LogP contribution in [0.1, 0.15) is 77.0 Å². The maximum absolute atomic E-state index is 12.6. The molecule has 9 nitrogen and oxygen atoms in total. The van der Waals surface area contributed by atoms with E-state index in [9.17, 15) is 9.59 Å². The molecule has 0 unspecified atom stereocenters. The number of nitrogens with one attached hydrogen (secondary N) is 3. The monoisotopic (exact) mass is 474 g/mol. The highest BCUT2D eigenvalue weighted by Crippen LogP contribution is 2.29. The van der Waals surface area contributed by atoms with E-state index in [1.807, 2.05) is 27.9 Å². The van der Waals surface area contributed by atoms with Crippen LogP contribution in [0.25, 0.3) is 0 Å². The molecule has 0 aromatic carbocycles. The summed E-state index contributed by atoms with van der Waals surface area (Å²) in [6, 6.07) is -0.554. The Morgan fingerprint density at radius 1 is 1.06 bits per heavy atom. The quantitative estimate of drug-likeness (QED) is 0.471. The Kier molecular flexibility index (Phi) is 9.36. The van der Waals surface area contributed by atoms with Crippen LogP contribution in [0.15, 0.2) is 0 Å². The maximum atomic E-state index is 12.6. The minimum absolute atomic E-state index is 0.0849. The van der Waals surface area contributed by atoms with Gasteiger partial charge in [-0.25, -0.2) is 14.6 Å². The van der Waals surface area contributed by atoms with Crippen molar-refractivity contribution in [2.24, 2.45) is 5.92 Å². The molecule has 1 aromatic heterocycles. The van der Waals surface area contributed by atoms with Crippen molar-refractivity contribution in [3.8, 4) is 0 Å². The second-order valence-electron chi connectivity index (χ2n) is 10.1. The first-order valence-electron chi connectivity index (χ1n) is 12.8. The van der Waals surface area contributed by atoms with Crippen molar-refractivity contribution >= 4 is 23.8 Å². The van der Waals surface area contributed by atoms with Crippen LogP contribution < -0.4 is 20.9 Å². The minimum Gasteiger partial charge on any atom is -0.464 e. The van der Waals surface area contributed by atoms with Gasteiger partial charge in [0.15, 0.2) is 0 Å². The summed E-state index contributed by atoms with van der Waals surface area (Å²) in [5, 5.41) is 9.40. The molecule has 1 atom stereocenters. The molecule has 3 rings (SSSR count). The zero-order valence-electron chi connectivity index (χ0n) is 21.4. The number of hydrogen-bond donors (Lipinski definition) is 3. The molecular formula is C25H42N6O3. The lowest BCUT2D eigenvalue weighted by Gasteiger charge is -2.31. The molecule has 2 aliphatic rings. The maximum Gasteiger partial charge on any atom is 0.328 e. The number of urea groups is 1. The van der Waals surface area contributed by atoms with E-state index in [2.05, 4.69) is 20.9 Å². The smallest absolute Gasteiger partial charge is 0.328 e. The van der Waals surface area contributed by atoms with E-state index in [1.165, 1.54) is 24.1 Å². The first-order valence-corrected chi connectivity index (χ1v) is 12.8. The zero-order chi connectivity index (χ0) is 24.7. The summed E-state index contributed by atoms with van der Waals surface area (Å²) in [4.78, 5) is 36.5. The Morgan fingerprint density at radius 3 is 2.38 bits per heavy atom. The predicted molar refractivity (Wildman–Crippen MR) is 134 cm³/mol. The Morgan fingerprint density at radius 2 is 1.74 bits per heavy atom. The number of esters is 1. The van der Waals surface area contributed by atoms with Crippen LogP contribution >= 0.6 is 0 Å². The van der Waals surface area contributed by atoms with Crippen LogP contribution in [0.5, 0.6) is 0 Å². The molecule has 2 amide bonds. The van der Waals surface area contributed by atoms with E-state index in [0.717, 1.165) is 44.3 Å². The van der Waals surface area contributed by atoms with Gasteiger partial charge in [0.2, 0.25) is 5.95 Å². The minimum atomic E-state index is -0.620. The van der Waals surface area contributed by atoms with Crippen molar-refractivity contribution < 1.29 is 14.3 Å². The van der Waals surface area contributed by atoms with Gasteiger partial charge in [-0.3, -0.25) is 0 Å². The summed E-state index contributed by atoms with van der Waals surface area (Å²) in [7, 11) is 4.08.